The summed E-state index contributed by atoms with van der Waals surface area (Å²) in [5.41, 5.74) is 7.15. The molecule has 0 amide bonds. The molecule has 0 unspecified atom stereocenters. The molecule has 2 rings (SSSR count). The van der Waals surface area contributed by atoms with E-state index in [1.54, 1.807) is 22.3 Å². The van der Waals surface area contributed by atoms with Gasteiger partial charge in [-0.05, 0) is 0 Å². The van der Waals surface area contributed by atoms with E-state index in [-0.39, 0.29) is 35.6 Å². The number of hydrogen-bond donors (Lipinski definition) is 0. The van der Waals surface area contributed by atoms with Gasteiger partial charge >= 0.3 is 179 Å². The fraction of sp³-hybridized carbons (Fsp3) is 0.692. The van der Waals surface area contributed by atoms with Crippen molar-refractivity contribution in [2.45, 2.75) is 92.5 Å². The first-order chi connectivity index (χ1) is 12.3. The normalized spacial score (nSPS) is 18.6. The van der Waals surface area contributed by atoms with Crippen LogP contribution in [0.25, 0.3) is 0 Å². The van der Waals surface area contributed by atoms with Crippen molar-refractivity contribution in [2.24, 2.45) is 22.7 Å². The molecule has 0 aromatic heterocycles. The number of allylic oxidation sites excluding steroid dienone is 8. The van der Waals surface area contributed by atoms with Crippen LogP contribution in [0.3, 0.4) is 0 Å². The first-order valence-electron chi connectivity index (χ1n) is 11.3. The molecule has 0 saturated heterocycles. The summed E-state index contributed by atoms with van der Waals surface area (Å²) in [5.74, 6) is 1.23. The van der Waals surface area contributed by atoms with E-state index in [0.717, 1.165) is 0 Å². The van der Waals surface area contributed by atoms with E-state index >= 15 is 0 Å². The average Bonchev–Trinajstić information content (AvgIpc) is 3.12. The van der Waals surface area contributed by atoms with Crippen molar-refractivity contribution in [1.29, 1.82) is 0 Å². The molecule has 2 aliphatic rings. The average molecular weight is 508 g/mol. The van der Waals surface area contributed by atoms with Gasteiger partial charge in [-0.15, -0.1) is 24.8 Å². The summed E-state index contributed by atoms with van der Waals surface area (Å²) < 4.78 is 3.71. The molecule has 0 heterocycles. The van der Waals surface area contributed by atoms with E-state index in [2.05, 4.69) is 99.5 Å². The van der Waals surface area contributed by atoms with E-state index in [0.29, 0.717) is 11.8 Å². The van der Waals surface area contributed by atoms with Gasteiger partial charge in [0.05, 0.1) is 0 Å². The number of hydrogen-bond acceptors (Lipinski definition) is 0. The molecule has 4 heteroatoms. The van der Waals surface area contributed by atoms with E-state index in [4.69, 9.17) is 0 Å². The van der Waals surface area contributed by atoms with E-state index in [1.165, 1.54) is 12.8 Å². The molecule has 0 aliphatic heterocycles. The van der Waals surface area contributed by atoms with Gasteiger partial charge in [-0.1, -0.05) is 0 Å². The van der Waals surface area contributed by atoms with Crippen LogP contribution in [0.4, 0.5) is 0 Å². The standard InChI is InChI=1S/2C12H19.2CH3.2ClH.H2Si.Ti/c2*1-9(2)10-6-7-11(8-10)12(3,4)5;;;;;;/h2*8-9H,7H2,1-5H3;2*1H3;2*1H;1H2;. The zero-order chi connectivity index (χ0) is 21.9. The largest absolute Gasteiger partial charge is 0.147 e. The summed E-state index contributed by atoms with van der Waals surface area (Å²) in [6.07, 6.45) is 7.60. The zero-order valence-corrected chi connectivity index (χ0v) is 26.4. The molecule has 0 atom stereocenters. The summed E-state index contributed by atoms with van der Waals surface area (Å²) in [7, 11) is 2.43. The van der Waals surface area contributed by atoms with E-state index < -0.39 is 14.0 Å². The van der Waals surface area contributed by atoms with Crippen molar-refractivity contribution in [1.82, 2.24) is 0 Å². The fourth-order valence-electron chi connectivity index (χ4n) is 4.91. The molecule has 0 spiro atoms. The second kappa shape index (κ2) is 9.38. The summed E-state index contributed by atoms with van der Waals surface area (Å²) >= 11 is -3.00. The SMILES string of the molecule is CC(C)C1=[C]([Ti]([CH3])([CH3])(=[SiH2])[C]2=C(C(C)C)C=C(C(C)(C)C)C2)CC(C(C)(C)C)=C1.Cl.Cl. The Bertz CT molecular complexity index is 794. The minimum absolute atomic E-state index is 0. The second-order valence-corrected chi connectivity index (χ2v) is 32.1. The topological polar surface area (TPSA) is 0 Å². The summed E-state index contributed by atoms with van der Waals surface area (Å²) in [5, 5.41) is 5.42. The van der Waals surface area contributed by atoms with Crippen LogP contribution < -0.4 is 0 Å². The van der Waals surface area contributed by atoms with Crippen LogP contribution in [0, 0.1) is 22.7 Å². The van der Waals surface area contributed by atoms with Crippen molar-refractivity contribution in [3.63, 3.8) is 0 Å². The maximum absolute atomic E-state index is 3.00. The number of halogens is 2. The first kappa shape index (κ1) is 30.5. The maximum Gasteiger partial charge on any atom is -0.147 e. The molecule has 0 N–H and O–H groups in total. The molecular weight excluding hydrogens is 459 g/mol. The van der Waals surface area contributed by atoms with Gasteiger partial charge in [-0.25, -0.2) is 0 Å². The van der Waals surface area contributed by atoms with E-state index in [9.17, 15) is 0 Å². The Balaban J connectivity index is 0.00000420. The van der Waals surface area contributed by atoms with Crippen LogP contribution >= 0.6 is 24.8 Å². The Hall–Kier alpha value is 0.471. The molecular formula is C26H48Cl2SiTi. The summed E-state index contributed by atoms with van der Waals surface area (Å²) in [4.78, 5) is 0. The molecule has 0 saturated carbocycles. The van der Waals surface area contributed by atoms with Crippen molar-refractivity contribution in [3.05, 3.63) is 42.2 Å². The van der Waals surface area contributed by atoms with Gasteiger partial charge in [-0.3, -0.25) is 0 Å². The van der Waals surface area contributed by atoms with Crippen molar-refractivity contribution in [2.75, 3.05) is 0 Å². The van der Waals surface area contributed by atoms with Gasteiger partial charge in [0.2, 0.25) is 0 Å². The molecule has 0 bridgehead atoms. The molecule has 0 aromatic rings. The Labute approximate surface area is 202 Å². The molecule has 0 radical (unpaired) electrons. The van der Waals surface area contributed by atoms with Crippen molar-refractivity contribution in [3.8, 4) is 0 Å². The smallest absolute Gasteiger partial charge is 0.147 e. The van der Waals surface area contributed by atoms with Gasteiger partial charge in [0, 0.05) is 0 Å². The minimum atomic E-state index is -3.00. The predicted octanol–water partition coefficient (Wildman–Crippen LogP) is 8.74. The molecule has 0 fully saturated rings. The van der Waals surface area contributed by atoms with Crippen LogP contribution in [-0.4, -0.2) is 7.63 Å². The van der Waals surface area contributed by atoms with Crippen LogP contribution in [-0.2, 0) is 14.0 Å². The fourth-order valence-corrected chi connectivity index (χ4v) is 14.6. The monoisotopic (exact) mass is 506 g/mol. The second-order valence-electron chi connectivity index (χ2n) is 13.1. The predicted molar refractivity (Wildman–Crippen MR) is 143 cm³/mol. The van der Waals surface area contributed by atoms with Gasteiger partial charge < -0.3 is 0 Å². The minimum Gasteiger partial charge on any atom is -0.147 e. The maximum atomic E-state index is 2.71. The number of rotatable bonds is 4. The van der Waals surface area contributed by atoms with E-state index in [1.807, 2.05) is 7.76 Å². The molecule has 0 nitrogen and oxygen atoms in total. The Morgan fingerprint density at radius 3 is 1.17 bits per heavy atom. The van der Waals surface area contributed by atoms with Crippen LogP contribution in [0.5, 0.6) is 0 Å². The quantitative estimate of drug-likeness (QED) is 0.334. The molecule has 2 aliphatic carbocycles. The third-order valence-corrected chi connectivity index (χ3v) is 18.2. The molecule has 0 aromatic carbocycles. The Morgan fingerprint density at radius 2 is 0.967 bits per heavy atom. The Kier molecular flexibility index (Phi) is 9.53. The summed E-state index contributed by atoms with van der Waals surface area (Å²) in [6, 6.07) is 0. The summed E-state index contributed by atoms with van der Waals surface area (Å²) in [6.45, 7) is 23.9. The van der Waals surface area contributed by atoms with Gasteiger partial charge in [0.1, 0.15) is 0 Å². The van der Waals surface area contributed by atoms with Crippen LogP contribution in [0.15, 0.2) is 42.2 Å². The van der Waals surface area contributed by atoms with Crippen molar-refractivity contribution >= 4 is 32.4 Å². The van der Waals surface area contributed by atoms with Crippen LogP contribution in [0.1, 0.15) is 82.1 Å². The van der Waals surface area contributed by atoms with Gasteiger partial charge in [0.15, 0.2) is 0 Å². The molecule has 174 valence electrons. The van der Waals surface area contributed by atoms with Crippen molar-refractivity contribution < 1.29 is 14.0 Å². The third kappa shape index (κ3) is 5.88. The third-order valence-electron chi connectivity index (χ3n) is 7.20. The molecule has 30 heavy (non-hydrogen) atoms. The van der Waals surface area contributed by atoms with Crippen LogP contribution in [0.2, 0.25) is 10.5 Å². The first-order valence-corrected chi connectivity index (χ1v) is 20.0. The van der Waals surface area contributed by atoms with Gasteiger partial charge in [0.25, 0.3) is 0 Å². The Morgan fingerprint density at radius 1 is 0.700 bits per heavy atom. The van der Waals surface area contributed by atoms with Gasteiger partial charge in [-0.2, -0.15) is 0 Å². The zero-order valence-electron chi connectivity index (χ0n) is 21.7.